The lowest BCUT2D eigenvalue weighted by atomic mass is 10.2. The van der Waals surface area contributed by atoms with E-state index in [9.17, 15) is 5.11 Å². The number of nitrogens with zero attached hydrogens (tertiary/aromatic N) is 3. The molecule has 1 N–H and O–H groups in total. The van der Waals surface area contributed by atoms with Gasteiger partial charge in [0.15, 0.2) is 16.4 Å². The fraction of sp³-hybridized carbons (Fsp3) is 0.125. The molecule has 0 aliphatic carbocycles. The second-order valence-corrected chi connectivity index (χ2v) is 5.53. The topological polar surface area (TPSA) is 50.4 Å². The van der Waals surface area contributed by atoms with E-state index in [1.54, 1.807) is 29.7 Å². The molecule has 0 radical (unpaired) electrons. The van der Waals surface area contributed by atoms with E-state index in [0.29, 0.717) is 5.82 Å². The smallest absolute Gasteiger partial charge is 0.197 e. The van der Waals surface area contributed by atoms with Gasteiger partial charge in [0.25, 0.3) is 0 Å². The zero-order chi connectivity index (χ0) is 14.7. The Morgan fingerprint density at radius 3 is 2.76 bits per heavy atom. The van der Waals surface area contributed by atoms with Crippen molar-refractivity contribution >= 4 is 17.2 Å². The second kappa shape index (κ2) is 5.93. The molecule has 0 aliphatic rings. The predicted molar refractivity (Wildman–Crippen MR) is 83.7 cm³/mol. The molecule has 3 rings (SSSR count). The molecule has 0 saturated carbocycles. The molecular weight excluding hydrogens is 282 g/mol. The van der Waals surface area contributed by atoms with Crippen LogP contribution in [-0.2, 0) is 6.54 Å². The van der Waals surface area contributed by atoms with E-state index in [0.717, 1.165) is 17.0 Å². The Morgan fingerprint density at radius 1 is 1.19 bits per heavy atom. The summed E-state index contributed by atoms with van der Waals surface area (Å²) in [5.41, 5.74) is 2.35. The molecule has 0 atom stereocenters. The number of thiazole rings is 1. The summed E-state index contributed by atoms with van der Waals surface area (Å²) < 4.78 is 2.12. The van der Waals surface area contributed by atoms with E-state index in [2.05, 4.69) is 39.0 Å². The average Bonchev–Trinajstić information content (AvgIpc) is 2.84. The maximum Gasteiger partial charge on any atom is 0.197 e. The highest BCUT2D eigenvalue weighted by Crippen LogP contribution is 2.21. The summed E-state index contributed by atoms with van der Waals surface area (Å²) in [4.78, 5) is 9.41. The monoisotopic (exact) mass is 297 g/mol. The molecule has 0 bridgehead atoms. The molecular formula is C16H15N3OS. The summed E-state index contributed by atoms with van der Waals surface area (Å²) in [6.45, 7) is 2.80. The Labute approximate surface area is 126 Å². The van der Waals surface area contributed by atoms with Crippen molar-refractivity contribution in [2.75, 3.05) is 0 Å². The van der Waals surface area contributed by atoms with Crippen molar-refractivity contribution in [2.45, 2.75) is 13.5 Å². The van der Waals surface area contributed by atoms with Gasteiger partial charge in [-0.25, -0.2) is 4.98 Å². The van der Waals surface area contributed by atoms with Crippen molar-refractivity contribution in [3.05, 3.63) is 70.1 Å². The third kappa shape index (κ3) is 3.03. The minimum absolute atomic E-state index is 0.0924. The van der Waals surface area contributed by atoms with Gasteiger partial charge in [0.1, 0.15) is 0 Å². The Hall–Kier alpha value is -2.40. The summed E-state index contributed by atoms with van der Waals surface area (Å²) in [5, 5.41) is 11.9. The van der Waals surface area contributed by atoms with E-state index in [-0.39, 0.29) is 5.75 Å². The summed E-state index contributed by atoms with van der Waals surface area (Å²) in [5.74, 6) is 0.441. The van der Waals surface area contributed by atoms with Crippen molar-refractivity contribution in [1.29, 1.82) is 0 Å². The molecule has 3 aromatic rings. The number of benzene rings is 1. The minimum Gasteiger partial charge on any atom is -0.504 e. The van der Waals surface area contributed by atoms with Gasteiger partial charge in [0.05, 0.1) is 6.54 Å². The maximum absolute atomic E-state index is 9.80. The van der Waals surface area contributed by atoms with Crippen LogP contribution < -0.4 is 4.80 Å². The SMILES string of the molecule is Cc1cs/c(=N/c2ncccc2O)n1Cc1ccccc1. The first-order valence-corrected chi connectivity index (χ1v) is 7.49. The fourth-order valence-electron chi connectivity index (χ4n) is 2.03. The van der Waals surface area contributed by atoms with Crippen LogP contribution in [0.4, 0.5) is 5.82 Å². The molecule has 5 heteroatoms. The number of pyridine rings is 1. The summed E-state index contributed by atoms with van der Waals surface area (Å²) >= 11 is 1.54. The van der Waals surface area contributed by atoms with Crippen LogP contribution in [0.15, 0.2) is 59.0 Å². The van der Waals surface area contributed by atoms with Gasteiger partial charge in [-0.1, -0.05) is 30.3 Å². The van der Waals surface area contributed by atoms with E-state index >= 15 is 0 Å². The summed E-state index contributed by atoms with van der Waals surface area (Å²) in [6.07, 6.45) is 1.63. The minimum atomic E-state index is 0.0924. The van der Waals surface area contributed by atoms with Gasteiger partial charge in [-0.15, -0.1) is 11.3 Å². The van der Waals surface area contributed by atoms with Gasteiger partial charge in [0.2, 0.25) is 0 Å². The lowest BCUT2D eigenvalue weighted by Crippen LogP contribution is -2.16. The van der Waals surface area contributed by atoms with Crippen molar-refractivity contribution in [3.8, 4) is 5.75 Å². The first-order valence-electron chi connectivity index (χ1n) is 6.61. The Bertz CT molecular complexity index is 806. The molecule has 0 fully saturated rings. The van der Waals surface area contributed by atoms with E-state index in [1.807, 2.05) is 18.2 Å². The molecule has 2 aromatic heterocycles. The van der Waals surface area contributed by atoms with Crippen LogP contribution in [0, 0.1) is 6.92 Å². The highest BCUT2D eigenvalue weighted by Gasteiger charge is 2.05. The van der Waals surface area contributed by atoms with Crippen molar-refractivity contribution in [1.82, 2.24) is 9.55 Å². The molecule has 21 heavy (non-hydrogen) atoms. The molecule has 0 saturated heterocycles. The maximum atomic E-state index is 9.80. The fourth-order valence-corrected chi connectivity index (χ4v) is 2.90. The van der Waals surface area contributed by atoms with Crippen LogP contribution in [0.3, 0.4) is 0 Å². The zero-order valence-electron chi connectivity index (χ0n) is 11.6. The second-order valence-electron chi connectivity index (χ2n) is 4.69. The van der Waals surface area contributed by atoms with Crippen LogP contribution >= 0.6 is 11.3 Å². The summed E-state index contributed by atoms with van der Waals surface area (Å²) in [6, 6.07) is 13.5. The third-order valence-corrected chi connectivity index (χ3v) is 4.12. The largest absolute Gasteiger partial charge is 0.504 e. The standard InChI is InChI=1S/C16H15N3OS/c1-12-11-21-16(18-15-14(20)8-5-9-17-15)19(12)10-13-6-3-2-4-7-13/h2-9,11,20H,10H2,1H3/b18-16+. The van der Waals surface area contributed by atoms with Crippen LogP contribution in [0.2, 0.25) is 0 Å². The van der Waals surface area contributed by atoms with Crippen molar-refractivity contribution in [2.24, 2.45) is 4.99 Å². The van der Waals surface area contributed by atoms with Gasteiger partial charge >= 0.3 is 0 Å². The number of hydrogen-bond donors (Lipinski definition) is 1. The number of aryl methyl sites for hydroxylation is 1. The normalized spacial score (nSPS) is 11.8. The van der Waals surface area contributed by atoms with E-state index < -0.39 is 0 Å². The number of hydrogen-bond acceptors (Lipinski definition) is 4. The number of rotatable bonds is 3. The summed E-state index contributed by atoms with van der Waals surface area (Å²) in [7, 11) is 0. The van der Waals surface area contributed by atoms with Gasteiger partial charge in [-0.05, 0) is 24.6 Å². The first-order chi connectivity index (χ1) is 10.2. The van der Waals surface area contributed by atoms with Gasteiger partial charge in [-0.2, -0.15) is 4.99 Å². The Kier molecular flexibility index (Phi) is 3.83. The average molecular weight is 297 g/mol. The lowest BCUT2D eigenvalue weighted by molar-refractivity contribution is 0.474. The third-order valence-electron chi connectivity index (χ3n) is 3.14. The zero-order valence-corrected chi connectivity index (χ0v) is 12.4. The van der Waals surface area contributed by atoms with Gasteiger partial charge in [-0.3, -0.25) is 0 Å². The van der Waals surface area contributed by atoms with Crippen LogP contribution in [0.5, 0.6) is 5.75 Å². The molecule has 1 aromatic carbocycles. The van der Waals surface area contributed by atoms with Crippen molar-refractivity contribution in [3.63, 3.8) is 0 Å². The van der Waals surface area contributed by atoms with Crippen LogP contribution in [0.25, 0.3) is 0 Å². The molecule has 0 unspecified atom stereocenters. The molecule has 2 heterocycles. The quantitative estimate of drug-likeness (QED) is 0.807. The molecule has 0 aliphatic heterocycles. The van der Waals surface area contributed by atoms with E-state index in [1.165, 1.54) is 5.56 Å². The number of aromatic hydroxyl groups is 1. The molecule has 106 valence electrons. The number of aromatic nitrogens is 2. The van der Waals surface area contributed by atoms with Gasteiger partial charge in [0, 0.05) is 17.3 Å². The predicted octanol–water partition coefficient (Wildman–Crippen LogP) is 3.24. The highest BCUT2D eigenvalue weighted by molar-refractivity contribution is 7.07. The van der Waals surface area contributed by atoms with Crippen LogP contribution in [-0.4, -0.2) is 14.7 Å². The van der Waals surface area contributed by atoms with E-state index in [4.69, 9.17) is 0 Å². The molecule has 0 spiro atoms. The highest BCUT2D eigenvalue weighted by atomic mass is 32.1. The molecule has 0 amide bonds. The lowest BCUT2D eigenvalue weighted by Gasteiger charge is -2.06. The van der Waals surface area contributed by atoms with Crippen molar-refractivity contribution < 1.29 is 5.11 Å². The first kappa shape index (κ1) is 13.6. The van der Waals surface area contributed by atoms with Gasteiger partial charge < -0.3 is 9.67 Å². The Balaban J connectivity index is 2.03. The Morgan fingerprint density at radius 2 is 2.00 bits per heavy atom. The van der Waals surface area contributed by atoms with Crippen LogP contribution in [0.1, 0.15) is 11.3 Å². The molecule has 4 nitrogen and oxygen atoms in total.